The van der Waals surface area contributed by atoms with Crippen LogP contribution in [0.5, 0.6) is 11.5 Å². The molecule has 0 aliphatic carbocycles. The number of benzene rings is 2. The number of amides is 1. The fourth-order valence-electron chi connectivity index (χ4n) is 4.24. The molecule has 0 radical (unpaired) electrons. The number of H-pyrrole nitrogens is 1. The van der Waals surface area contributed by atoms with E-state index in [9.17, 15) is 4.79 Å². The number of hydrogen-bond acceptors (Lipinski definition) is 4. The zero-order valence-electron chi connectivity index (χ0n) is 19.8. The van der Waals surface area contributed by atoms with Gasteiger partial charge in [0.05, 0.1) is 6.54 Å². The van der Waals surface area contributed by atoms with E-state index in [1.807, 2.05) is 69.4 Å². The second-order valence-electron chi connectivity index (χ2n) is 9.71. The topological polar surface area (TPSA) is 67.5 Å². The monoisotopic (exact) mass is 455 g/mol. The summed E-state index contributed by atoms with van der Waals surface area (Å²) >= 11 is 0. The maximum atomic E-state index is 12.6. The average Bonchev–Trinajstić information content (AvgIpc) is 3.17. The lowest BCUT2D eigenvalue weighted by atomic mass is 10.0. The summed E-state index contributed by atoms with van der Waals surface area (Å²) in [6, 6.07) is 20.1. The van der Waals surface area contributed by atoms with Crippen molar-refractivity contribution in [2.75, 3.05) is 6.54 Å². The minimum atomic E-state index is -0.506. The number of rotatable bonds is 4. The minimum absolute atomic E-state index is 0.269. The molecule has 6 nitrogen and oxygen atoms in total. The van der Waals surface area contributed by atoms with Gasteiger partial charge in [0.1, 0.15) is 22.7 Å². The Morgan fingerprint density at radius 1 is 1.03 bits per heavy atom. The number of carbonyl (C=O) groups excluding carboxylic acids is 1. The van der Waals surface area contributed by atoms with E-state index in [0.717, 1.165) is 52.2 Å². The van der Waals surface area contributed by atoms with Crippen LogP contribution in [0.15, 0.2) is 66.9 Å². The first-order valence-electron chi connectivity index (χ1n) is 11.6. The van der Waals surface area contributed by atoms with Gasteiger partial charge in [0.15, 0.2) is 0 Å². The fraction of sp³-hybridized carbons (Fsp3) is 0.286. The molecule has 2 aromatic carbocycles. The summed E-state index contributed by atoms with van der Waals surface area (Å²) in [7, 11) is 0. The lowest BCUT2D eigenvalue weighted by Crippen LogP contribution is -2.39. The zero-order valence-corrected chi connectivity index (χ0v) is 19.8. The van der Waals surface area contributed by atoms with Crippen molar-refractivity contribution in [2.45, 2.75) is 45.8 Å². The quantitative estimate of drug-likeness (QED) is 0.396. The minimum Gasteiger partial charge on any atom is -0.457 e. The highest BCUT2D eigenvalue weighted by Crippen LogP contribution is 2.29. The Kier molecular flexibility index (Phi) is 5.74. The third-order valence-electron chi connectivity index (χ3n) is 5.85. The molecule has 0 fully saturated rings. The average molecular weight is 456 g/mol. The van der Waals surface area contributed by atoms with Crippen LogP contribution in [0.1, 0.15) is 43.2 Å². The van der Waals surface area contributed by atoms with E-state index in [4.69, 9.17) is 9.47 Å². The molecule has 0 saturated heterocycles. The van der Waals surface area contributed by atoms with Gasteiger partial charge in [-0.1, -0.05) is 30.3 Å². The number of hydrogen-bond donors (Lipinski definition) is 1. The molecule has 34 heavy (non-hydrogen) atoms. The largest absolute Gasteiger partial charge is 0.457 e. The predicted octanol–water partition coefficient (Wildman–Crippen LogP) is 6.24. The van der Waals surface area contributed by atoms with Crippen molar-refractivity contribution in [3.05, 3.63) is 89.2 Å². The number of nitrogens with one attached hydrogen (secondary N) is 1. The predicted molar refractivity (Wildman–Crippen MR) is 132 cm³/mol. The van der Waals surface area contributed by atoms with E-state index >= 15 is 0 Å². The second kappa shape index (κ2) is 8.86. The van der Waals surface area contributed by atoms with Crippen LogP contribution in [-0.4, -0.2) is 33.1 Å². The van der Waals surface area contributed by atoms with E-state index in [1.54, 1.807) is 4.90 Å². The fourth-order valence-corrected chi connectivity index (χ4v) is 4.24. The van der Waals surface area contributed by atoms with Crippen LogP contribution in [0.4, 0.5) is 4.79 Å². The molecular weight excluding hydrogens is 426 g/mol. The maximum Gasteiger partial charge on any atom is 0.410 e. The molecule has 2 aromatic heterocycles. The van der Waals surface area contributed by atoms with Crippen LogP contribution in [0.3, 0.4) is 0 Å². The van der Waals surface area contributed by atoms with Crippen molar-refractivity contribution in [2.24, 2.45) is 0 Å². The van der Waals surface area contributed by atoms with Gasteiger partial charge in [-0.15, -0.1) is 0 Å². The highest BCUT2D eigenvalue weighted by Gasteiger charge is 2.28. The standard InChI is InChI=1S/C28H29N3O3/c1-28(2,3)34-27(32)31-14-13-25-24(18-31)23-16-20(17-29-26(23)30-25)15-19-9-11-22(12-10-19)33-21-7-5-4-6-8-21/h4-12,16-17H,13-15,18H2,1-3H3,(H,29,30). The summed E-state index contributed by atoms with van der Waals surface area (Å²) in [6.07, 6.45) is 3.19. The van der Waals surface area contributed by atoms with Gasteiger partial charge in [-0.05, 0) is 68.7 Å². The van der Waals surface area contributed by atoms with Crippen LogP contribution in [0.2, 0.25) is 0 Å². The first-order valence-corrected chi connectivity index (χ1v) is 11.6. The Morgan fingerprint density at radius 2 is 1.76 bits per heavy atom. The van der Waals surface area contributed by atoms with Crippen molar-refractivity contribution < 1.29 is 14.3 Å². The number of carbonyl (C=O) groups is 1. The Bertz CT molecular complexity index is 1300. The molecule has 6 heteroatoms. The van der Waals surface area contributed by atoms with E-state index in [1.165, 1.54) is 5.56 Å². The summed E-state index contributed by atoms with van der Waals surface area (Å²) < 4.78 is 11.5. The summed E-state index contributed by atoms with van der Waals surface area (Å²) in [5.41, 5.74) is 4.96. The number of ether oxygens (including phenoxy) is 2. The maximum absolute atomic E-state index is 12.6. The molecule has 3 heterocycles. The molecule has 1 amide bonds. The van der Waals surface area contributed by atoms with E-state index in [-0.39, 0.29) is 6.09 Å². The van der Waals surface area contributed by atoms with Gasteiger partial charge in [-0.3, -0.25) is 0 Å². The summed E-state index contributed by atoms with van der Waals surface area (Å²) in [5, 5.41) is 1.07. The number of pyridine rings is 1. The van der Waals surface area contributed by atoms with Gasteiger partial charge >= 0.3 is 6.09 Å². The first-order chi connectivity index (χ1) is 16.3. The van der Waals surface area contributed by atoms with Crippen LogP contribution in [0.25, 0.3) is 11.0 Å². The summed E-state index contributed by atoms with van der Waals surface area (Å²) in [6.45, 7) is 6.84. The van der Waals surface area contributed by atoms with E-state index in [0.29, 0.717) is 13.1 Å². The van der Waals surface area contributed by atoms with Crippen LogP contribution in [0, 0.1) is 0 Å². The molecule has 0 bridgehead atoms. The molecule has 5 rings (SSSR count). The SMILES string of the molecule is CC(C)(C)OC(=O)N1CCc2[nH]c3ncc(Cc4ccc(Oc5ccccc5)cc4)cc3c2C1. The second-order valence-corrected chi connectivity index (χ2v) is 9.71. The summed E-state index contributed by atoms with van der Waals surface area (Å²) in [5.74, 6) is 1.63. The van der Waals surface area contributed by atoms with E-state index < -0.39 is 5.60 Å². The van der Waals surface area contributed by atoms with Gasteiger partial charge in [0.2, 0.25) is 0 Å². The van der Waals surface area contributed by atoms with Crippen LogP contribution in [-0.2, 0) is 24.1 Å². The van der Waals surface area contributed by atoms with Crippen LogP contribution < -0.4 is 4.74 Å². The normalized spacial score (nSPS) is 13.6. The summed E-state index contributed by atoms with van der Waals surface area (Å²) in [4.78, 5) is 22.5. The van der Waals surface area contributed by atoms with Crippen molar-refractivity contribution >= 4 is 17.1 Å². The number of aromatic nitrogens is 2. The Labute approximate surface area is 199 Å². The van der Waals surface area contributed by atoms with E-state index in [2.05, 4.69) is 28.2 Å². The van der Waals surface area contributed by atoms with Gasteiger partial charge in [0, 0.05) is 35.8 Å². The van der Waals surface area contributed by atoms with Crippen molar-refractivity contribution in [3.63, 3.8) is 0 Å². The lowest BCUT2D eigenvalue weighted by molar-refractivity contribution is 0.0224. The Balaban J connectivity index is 1.32. The number of aromatic amines is 1. The highest BCUT2D eigenvalue weighted by molar-refractivity contribution is 5.83. The van der Waals surface area contributed by atoms with Gasteiger partial charge in [0.25, 0.3) is 0 Å². The number of fused-ring (bicyclic) bond motifs is 3. The van der Waals surface area contributed by atoms with Gasteiger partial charge in [-0.2, -0.15) is 0 Å². The third kappa shape index (κ3) is 4.91. The zero-order chi connectivity index (χ0) is 23.7. The van der Waals surface area contributed by atoms with Gasteiger partial charge < -0.3 is 19.4 Å². The third-order valence-corrected chi connectivity index (χ3v) is 5.85. The molecule has 1 aliphatic rings. The number of para-hydroxylation sites is 1. The molecule has 4 aromatic rings. The van der Waals surface area contributed by atoms with Crippen molar-refractivity contribution in [1.29, 1.82) is 0 Å². The molecular formula is C28H29N3O3. The van der Waals surface area contributed by atoms with Crippen molar-refractivity contribution in [3.8, 4) is 11.5 Å². The molecule has 0 spiro atoms. The molecule has 174 valence electrons. The molecule has 1 aliphatic heterocycles. The smallest absolute Gasteiger partial charge is 0.410 e. The first kappa shape index (κ1) is 22.0. The molecule has 1 N–H and O–H groups in total. The Hall–Kier alpha value is -3.80. The lowest BCUT2D eigenvalue weighted by Gasteiger charge is -2.30. The van der Waals surface area contributed by atoms with Crippen LogP contribution >= 0.6 is 0 Å². The molecule has 0 unspecified atom stereocenters. The molecule has 0 saturated carbocycles. The highest BCUT2D eigenvalue weighted by atomic mass is 16.6. The number of nitrogens with zero attached hydrogens (tertiary/aromatic N) is 2. The molecule has 0 atom stereocenters. The van der Waals surface area contributed by atoms with Crippen molar-refractivity contribution in [1.82, 2.24) is 14.9 Å². The Morgan fingerprint density at radius 3 is 2.50 bits per heavy atom. The van der Waals surface area contributed by atoms with Gasteiger partial charge in [-0.25, -0.2) is 9.78 Å².